The van der Waals surface area contributed by atoms with Gasteiger partial charge in [0.05, 0.1) is 11.8 Å². The van der Waals surface area contributed by atoms with Crippen LogP contribution in [0.5, 0.6) is 0 Å². The van der Waals surface area contributed by atoms with E-state index in [9.17, 15) is 9.90 Å². The number of aliphatic carboxylic acids is 1. The highest BCUT2D eigenvalue weighted by Crippen LogP contribution is 2.36. The van der Waals surface area contributed by atoms with Crippen molar-refractivity contribution >= 4 is 34.2 Å². The van der Waals surface area contributed by atoms with Gasteiger partial charge in [-0.05, 0) is 36.6 Å². The maximum Gasteiger partial charge on any atom is 0.307 e. The number of hydrogen-bond donors (Lipinski definition) is 2. The minimum Gasteiger partial charge on any atom is -0.481 e. The maximum absolute atomic E-state index is 11.6. The zero-order valence-corrected chi connectivity index (χ0v) is 14.6. The first kappa shape index (κ1) is 15.7. The lowest BCUT2D eigenvalue weighted by atomic mass is 9.77. The normalized spacial score (nSPS) is 22.0. The van der Waals surface area contributed by atoms with Crippen molar-refractivity contribution in [3.05, 3.63) is 34.5 Å². The summed E-state index contributed by atoms with van der Waals surface area (Å²) in [5, 5.41) is 11.5. The van der Waals surface area contributed by atoms with Crippen LogP contribution in [-0.2, 0) is 11.2 Å². The third-order valence-corrected chi connectivity index (χ3v) is 5.86. The van der Waals surface area contributed by atoms with E-state index in [-0.39, 0.29) is 11.8 Å². The van der Waals surface area contributed by atoms with Crippen LogP contribution in [-0.4, -0.2) is 39.4 Å². The Bertz CT molecular complexity index is 844. The number of nitrogens with zero attached hydrogens (tertiary/aromatic N) is 1. The van der Waals surface area contributed by atoms with Crippen molar-refractivity contribution in [2.24, 2.45) is 11.8 Å². The number of aromatic nitrogens is 1. The second-order valence-corrected chi connectivity index (χ2v) is 7.46. The molecule has 4 rings (SSSR count). The molecule has 2 atom stereocenters. The predicted molar refractivity (Wildman–Crippen MR) is 95.3 cm³/mol. The highest BCUT2D eigenvalue weighted by atomic mass is 35.5. The van der Waals surface area contributed by atoms with Crippen LogP contribution in [0, 0.1) is 11.8 Å². The van der Waals surface area contributed by atoms with E-state index in [0.29, 0.717) is 0 Å². The largest absolute Gasteiger partial charge is 0.481 e. The Morgan fingerprint density at radius 2 is 2.12 bits per heavy atom. The quantitative estimate of drug-likeness (QED) is 0.815. The number of carboxylic acid groups (broad SMARTS) is 1. The Morgan fingerprint density at radius 3 is 2.83 bits per heavy atom. The molecule has 0 saturated carbocycles. The molecule has 2 unspecified atom stereocenters. The Morgan fingerprint density at radius 1 is 1.38 bits per heavy atom. The van der Waals surface area contributed by atoms with Gasteiger partial charge in [-0.15, -0.1) is 0 Å². The van der Waals surface area contributed by atoms with Gasteiger partial charge in [-0.3, -0.25) is 4.79 Å². The van der Waals surface area contributed by atoms with Crippen LogP contribution in [0.3, 0.4) is 0 Å². The smallest absolute Gasteiger partial charge is 0.307 e. The van der Waals surface area contributed by atoms with Crippen molar-refractivity contribution in [3.8, 4) is 0 Å². The molecular weight excluding hydrogens is 324 g/mol. The summed E-state index contributed by atoms with van der Waals surface area (Å²) in [5.41, 5.74) is 4.72. The number of fused-ring (bicyclic) bond motifs is 3. The number of nitrogens with one attached hydrogen (secondary N) is 1. The van der Waals surface area contributed by atoms with Crippen LogP contribution >= 0.6 is 11.6 Å². The van der Waals surface area contributed by atoms with Crippen LogP contribution in [0.4, 0.5) is 0 Å². The zero-order chi connectivity index (χ0) is 16.8. The van der Waals surface area contributed by atoms with Gasteiger partial charge in [-0.1, -0.05) is 18.5 Å². The minimum atomic E-state index is -0.709. The first-order valence-electron chi connectivity index (χ1n) is 8.71. The van der Waals surface area contributed by atoms with E-state index in [4.69, 9.17) is 11.6 Å². The van der Waals surface area contributed by atoms with Crippen molar-refractivity contribution in [3.63, 3.8) is 0 Å². The molecule has 1 aromatic carbocycles. The first-order chi connectivity index (χ1) is 11.6. The summed E-state index contributed by atoms with van der Waals surface area (Å²) in [7, 11) is 0. The molecule has 0 spiro atoms. The van der Waals surface area contributed by atoms with Crippen molar-refractivity contribution in [2.45, 2.75) is 32.6 Å². The standard InChI is InChI=1S/C19H21ClN2O2/c1-11(19(23)24)13-5-6-14-15-10-12(20)4-7-16(15)21-17(14)18(13)22-8-2-3-9-22/h4,7,10-11,13H,2-3,5-6,8-9H2,1H3,(H,23,24)/p+1. The highest BCUT2D eigenvalue weighted by molar-refractivity contribution is 6.31. The number of carboxylic acids is 1. The summed E-state index contributed by atoms with van der Waals surface area (Å²) in [5.74, 6) is -1.01. The van der Waals surface area contributed by atoms with E-state index in [1.807, 2.05) is 25.1 Å². The number of aryl methyl sites for hydroxylation is 1. The number of aromatic amines is 1. The molecule has 2 aliphatic rings. The summed E-state index contributed by atoms with van der Waals surface area (Å²) in [6.45, 7) is 3.88. The van der Waals surface area contributed by atoms with Crippen molar-refractivity contribution < 1.29 is 14.5 Å². The molecule has 0 bridgehead atoms. The van der Waals surface area contributed by atoms with Gasteiger partial charge in [0.25, 0.3) is 0 Å². The van der Waals surface area contributed by atoms with Gasteiger partial charge in [-0.2, -0.15) is 0 Å². The monoisotopic (exact) mass is 345 g/mol. The molecule has 2 N–H and O–H groups in total. The van der Waals surface area contributed by atoms with Crippen LogP contribution in [0.1, 0.15) is 37.4 Å². The Balaban J connectivity index is 1.92. The molecule has 24 heavy (non-hydrogen) atoms. The minimum absolute atomic E-state index is 0.0663. The summed E-state index contributed by atoms with van der Waals surface area (Å²) >= 11 is 6.19. The summed E-state index contributed by atoms with van der Waals surface area (Å²) in [6, 6.07) is 5.95. The van der Waals surface area contributed by atoms with E-state index in [1.165, 1.54) is 29.5 Å². The molecule has 1 aliphatic heterocycles. The fraction of sp³-hybridized carbons (Fsp3) is 0.474. The Kier molecular flexibility index (Phi) is 3.87. The molecule has 0 amide bonds. The van der Waals surface area contributed by atoms with Gasteiger partial charge in [-0.25, -0.2) is 4.58 Å². The van der Waals surface area contributed by atoms with Crippen LogP contribution in [0.2, 0.25) is 5.02 Å². The topological polar surface area (TPSA) is 56.1 Å². The van der Waals surface area contributed by atoms with Crippen molar-refractivity contribution in [1.82, 2.24) is 4.98 Å². The number of hydrogen-bond acceptors (Lipinski definition) is 1. The number of rotatable bonds is 2. The molecule has 126 valence electrons. The molecule has 2 aromatic rings. The van der Waals surface area contributed by atoms with Crippen LogP contribution in [0.25, 0.3) is 10.9 Å². The molecule has 1 fully saturated rings. The molecule has 1 aromatic heterocycles. The zero-order valence-electron chi connectivity index (χ0n) is 13.8. The number of H-pyrrole nitrogens is 1. The van der Waals surface area contributed by atoms with E-state index < -0.39 is 5.97 Å². The van der Waals surface area contributed by atoms with E-state index in [0.717, 1.165) is 42.2 Å². The highest BCUT2D eigenvalue weighted by Gasteiger charge is 2.41. The first-order valence-corrected chi connectivity index (χ1v) is 9.09. The van der Waals surface area contributed by atoms with Crippen LogP contribution < -0.4 is 0 Å². The third kappa shape index (κ3) is 2.44. The molecule has 4 nitrogen and oxygen atoms in total. The average Bonchev–Trinajstić information content (AvgIpc) is 3.20. The Hall–Kier alpha value is -1.81. The SMILES string of the molecule is CC(C(=O)O)C1CCc2c([nH]c3ccc(Cl)cc23)C1=[N+]1CCCC1. The number of benzene rings is 1. The lowest BCUT2D eigenvalue weighted by Crippen LogP contribution is -2.38. The molecule has 1 saturated heterocycles. The van der Waals surface area contributed by atoms with Crippen LogP contribution in [0.15, 0.2) is 18.2 Å². The maximum atomic E-state index is 11.6. The Labute approximate surface area is 146 Å². The number of halogens is 1. The van der Waals surface area contributed by atoms with Crippen molar-refractivity contribution in [1.29, 1.82) is 0 Å². The van der Waals surface area contributed by atoms with E-state index in [2.05, 4.69) is 9.56 Å². The molecule has 1 aliphatic carbocycles. The second kappa shape index (κ2) is 5.92. The van der Waals surface area contributed by atoms with E-state index >= 15 is 0 Å². The predicted octanol–water partition coefficient (Wildman–Crippen LogP) is 3.70. The molecule has 0 radical (unpaired) electrons. The van der Waals surface area contributed by atoms with Crippen molar-refractivity contribution in [2.75, 3.05) is 13.1 Å². The molecule has 2 heterocycles. The fourth-order valence-electron chi connectivity index (χ4n) is 4.33. The van der Waals surface area contributed by atoms with Gasteiger partial charge < -0.3 is 10.1 Å². The average molecular weight is 346 g/mol. The van der Waals surface area contributed by atoms with Gasteiger partial charge in [0.2, 0.25) is 5.71 Å². The third-order valence-electron chi connectivity index (χ3n) is 5.62. The number of carbonyl (C=O) groups is 1. The van der Waals surface area contributed by atoms with Gasteiger partial charge in [0.1, 0.15) is 18.8 Å². The lowest BCUT2D eigenvalue weighted by Gasteiger charge is -2.25. The van der Waals surface area contributed by atoms with Gasteiger partial charge in [0.15, 0.2) is 0 Å². The van der Waals surface area contributed by atoms with Gasteiger partial charge in [0, 0.05) is 28.8 Å². The second-order valence-electron chi connectivity index (χ2n) is 7.02. The fourth-order valence-corrected chi connectivity index (χ4v) is 4.50. The van der Waals surface area contributed by atoms with E-state index in [1.54, 1.807) is 0 Å². The summed E-state index contributed by atoms with van der Waals surface area (Å²) in [6.07, 6.45) is 4.14. The molecular formula is C19H22ClN2O2+. The molecule has 5 heteroatoms. The van der Waals surface area contributed by atoms with Gasteiger partial charge >= 0.3 is 5.97 Å². The lowest BCUT2D eigenvalue weighted by molar-refractivity contribution is -0.508. The summed E-state index contributed by atoms with van der Waals surface area (Å²) < 4.78 is 2.40. The summed E-state index contributed by atoms with van der Waals surface area (Å²) in [4.78, 5) is 15.2.